The third-order valence-electron chi connectivity index (χ3n) is 11.2. The molecule has 0 fully saturated rings. The number of hydrogen-bond acceptors (Lipinski definition) is 8. The molecule has 0 unspecified atom stereocenters. The van der Waals surface area contributed by atoms with Crippen LogP contribution < -0.4 is 21.3 Å². The molecule has 0 aliphatic carbocycles. The van der Waals surface area contributed by atoms with Crippen LogP contribution in [-0.2, 0) is 38.2 Å². The Labute approximate surface area is 401 Å². The third kappa shape index (κ3) is 35.2. The van der Waals surface area contributed by atoms with E-state index in [0.717, 1.165) is 38.5 Å². The molecule has 66 heavy (non-hydrogen) atoms. The van der Waals surface area contributed by atoms with Crippen molar-refractivity contribution in [1.82, 2.24) is 21.3 Å². The first-order valence-electron chi connectivity index (χ1n) is 26.0. The van der Waals surface area contributed by atoms with Crippen molar-refractivity contribution < 1.29 is 38.2 Å². The Morgan fingerprint density at radius 1 is 0.379 bits per heavy atom. The fourth-order valence-corrected chi connectivity index (χ4v) is 7.62. The van der Waals surface area contributed by atoms with Gasteiger partial charge in [0.25, 0.3) is 0 Å². The zero-order chi connectivity index (χ0) is 49.5. The summed E-state index contributed by atoms with van der Waals surface area (Å²) in [5, 5.41) is 11.4. The van der Waals surface area contributed by atoms with E-state index in [1.54, 1.807) is 0 Å². The van der Waals surface area contributed by atoms with Crippen molar-refractivity contribution in [2.75, 3.05) is 13.2 Å². The van der Waals surface area contributed by atoms with Gasteiger partial charge in [-0.2, -0.15) is 0 Å². The average molecular weight is 927 g/mol. The quantitative estimate of drug-likeness (QED) is 0.0270. The molecular formula is C54H94N4O8. The molecule has 4 amide bonds. The first-order chi connectivity index (χ1) is 31.5. The summed E-state index contributed by atoms with van der Waals surface area (Å²) in [6.45, 7) is 19.6. The number of nitrogens with one attached hydrogen (secondary N) is 4. The molecule has 4 atom stereocenters. The van der Waals surface area contributed by atoms with Gasteiger partial charge in [0.15, 0.2) is 13.2 Å². The molecule has 4 N–H and O–H groups in total. The highest BCUT2D eigenvalue weighted by atomic mass is 16.5. The van der Waals surface area contributed by atoms with Crippen LogP contribution in [0.4, 0.5) is 0 Å². The molecule has 0 aromatic carbocycles. The Morgan fingerprint density at radius 2 is 0.652 bits per heavy atom. The lowest BCUT2D eigenvalue weighted by Gasteiger charge is -2.24. The van der Waals surface area contributed by atoms with E-state index >= 15 is 0 Å². The largest absolute Gasteiger partial charge is 0.451 e. The molecular weight excluding hydrogens is 833 g/mol. The molecule has 0 bridgehead atoms. The summed E-state index contributed by atoms with van der Waals surface area (Å²) < 4.78 is 10.8. The van der Waals surface area contributed by atoms with E-state index in [4.69, 9.17) is 9.47 Å². The van der Waals surface area contributed by atoms with E-state index in [-0.39, 0.29) is 48.7 Å². The topological polar surface area (TPSA) is 169 Å². The van der Waals surface area contributed by atoms with Gasteiger partial charge in [0.2, 0.25) is 23.6 Å². The fraction of sp³-hybridized carbons (Fsp3) is 0.815. The second-order valence-corrected chi connectivity index (χ2v) is 19.9. The second kappa shape index (κ2) is 40.0. The zero-order valence-electron chi connectivity index (χ0n) is 43.3. The molecule has 0 rings (SSSR count). The maximum absolute atomic E-state index is 13.4. The summed E-state index contributed by atoms with van der Waals surface area (Å²) in [7, 11) is 0. The van der Waals surface area contributed by atoms with Crippen molar-refractivity contribution in [1.29, 1.82) is 0 Å². The van der Waals surface area contributed by atoms with Gasteiger partial charge in [0, 0.05) is 12.8 Å². The summed E-state index contributed by atoms with van der Waals surface area (Å²) in [6.07, 6.45) is 23.0. The predicted octanol–water partition coefficient (Wildman–Crippen LogP) is 10.0. The molecule has 0 spiro atoms. The Hall–Kier alpha value is -4.06. The maximum Gasteiger partial charge on any atom is 0.329 e. The molecule has 378 valence electrons. The zero-order valence-corrected chi connectivity index (χ0v) is 43.3. The number of esters is 2. The lowest BCUT2D eigenvalue weighted by Crippen LogP contribution is -2.52. The first-order valence-corrected chi connectivity index (χ1v) is 26.0. The van der Waals surface area contributed by atoms with Gasteiger partial charge in [0.05, 0.1) is 0 Å². The van der Waals surface area contributed by atoms with Gasteiger partial charge < -0.3 is 30.7 Å². The molecule has 0 aromatic rings. The van der Waals surface area contributed by atoms with Gasteiger partial charge >= 0.3 is 11.9 Å². The average Bonchev–Trinajstić information content (AvgIpc) is 3.24. The summed E-state index contributed by atoms with van der Waals surface area (Å²) in [4.78, 5) is 78.8. The molecule has 0 heterocycles. The Kier molecular flexibility index (Phi) is 37.6. The van der Waals surface area contributed by atoms with Gasteiger partial charge in [-0.1, -0.05) is 172 Å². The van der Waals surface area contributed by atoms with E-state index in [2.05, 4.69) is 58.8 Å². The Balaban J connectivity index is 5.15. The van der Waals surface area contributed by atoms with E-state index in [1.165, 1.54) is 77.0 Å². The van der Waals surface area contributed by atoms with Crippen LogP contribution in [0.25, 0.3) is 0 Å². The molecule has 0 aliphatic heterocycles. The molecule has 0 radical (unpaired) electrons. The van der Waals surface area contributed by atoms with Crippen LogP contribution in [0.1, 0.15) is 223 Å². The highest BCUT2D eigenvalue weighted by molar-refractivity contribution is 5.91. The number of amides is 4. The summed E-state index contributed by atoms with van der Waals surface area (Å²) in [6, 6.07) is -3.38. The molecule has 12 heteroatoms. The van der Waals surface area contributed by atoms with Crippen molar-refractivity contribution in [3.63, 3.8) is 0 Å². The van der Waals surface area contributed by atoms with Gasteiger partial charge in [-0.15, -0.1) is 0 Å². The van der Waals surface area contributed by atoms with Crippen molar-refractivity contribution in [2.24, 2.45) is 23.7 Å². The normalized spacial score (nSPS) is 12.9. The van der Waals surface area contributed by atoms with E-state index in [0.29, 0.717) is 38.5 Å². The fourth-order valence-electron chi connectivity index (χ4n) is 7.62. The van der Waals surface area contributed by atoms with Crippen LogP contribution in [0, 0.1) is 47.4 Å². The van der Waals surface area contributed by atoms with Gasteiger partial charge in [0.1, 0.15) is 24.2 Å². The highest BCUT2D eigenvalue weighted by Crippen LogP contribution is 2.15. The predicted molar refractivity (Wildman–Crippen MR) is 267 cm³/mol. The number of rotatable bonds is 38. The Bertz CT molecular complexity index is 1380. The molecule has 0 aromatic heterocycles. The van der Waals surface area contributed by atoms with Gasteiger partial charge in [-0.25, -0.2) is 9.59 Å². The molecule has 0 saturated carbocycles. The molecule has 0 aliphatic rings. The smallest absolute Gasteiger partial charge is 0.329 e. The number of ether oxygens (including phenoxy) is 2. The number of hydrogen-bond donors (Lipinski definition) is 4. The van der Waals surface area contributed by atoms with Gasteiger partial charge in [-0.05, 0) is 85.9 Å². The number of carbonyl (C=O) groups excluding carboxylic acids is 6. The van der Waals surface area contributed by atoms with Gasteiger partial charge in [-0.3, -0.25) is 19.2 Å². The third-order valence-corrected chi connectivity index (χ3v) is 11.2. The van der Waals surface area contributed by atoms with E-state index < -0.39 is 47.9 Å². The lowest BCUT2D eigenvalue weighted by molar-refractivity contribution is -0.147. The summed E-state index contributed by atoms with van der Waals surface area (Å²) in [5.41, 5.74) is 0. The van der Waals surface area contributed by atoms with Crippen LogP contribution in [0.3, 0.4) is 0 Å². The monoisotopic (exact) mass is 927 g/mol. The van der Waals surface area contributed by atoms with E-state index in [9.17, 15) is 28.8 Å². The second-order valence-electron chi connectivity index (χ2n) is 19.9. The summed E-state index contributed by atoms with van der Waals surface area (Å²) in [5.74, 6) is 8.48. The highest BCUT2D eigenvalue weighted by Gasteiger charge is 2.30. The van der Waals surface area contributed by atoms with Crippen molar-refractivity contribution in [3.8, 4) is 23.7 Å². The SMILES string of the molecule is CCCCCCCCCCCC(=O)N[C@@H](CC(C)C)C(=O)N[C@@H](CC(C)C)C(=O)OCC#CC#CCOC(=O)[C@H](CC(C)C)NC(=O)[C@H](CC(C)C)NC(=O)CCCCCCCCCCC. The van der Waals surface area contributed by atoms with Crippen LogP contribution in [0.5, 0.6) is 0 Å². The standard InChI is InChI=1S/C54H94N4O8/c1-11-13-15-17-19-21-23-25-29-33-49(59)55-45(37-41(3)4)51(61)57-47(39-43(7)8)53(63)65-35-31-27-28-32-36-66-54(64)48(40-44(9)10)58-52(62)46(38-42(5)6)56-50(60)34-30-26-24-22-20-18-16-14-12-2/h41-48H,11-26,29-30,33-40H2,1-10H3,(H,55,59)(H,56,60)(H,57,61)(H,58,62)/t45-,46-,47-,48-/m0/s1. The van der Waals surface area contributed by atoms with Crippen LogP contribution in [0.15, 0.2) is 0 Å². The van der Waals surface area contributed by atoms with Crippen LogP contribution in [0.2, 0.25) is 0 Å². The van der Waals surface area contributed by atoms with Crippen LogP contribution in [-0.4, -0.2) is 72.9 Å². The van der Waals surface area contributed by atoms with Crippen LogP contribution >= 0.6 is 0 Å². The number of unbranched alkanes of at least 4 members (excludes halogenated alkanes) is 16. The minimum absolute atomic E-state index is 0.0716. The van der Waals surface area contributed by atoms with Crippen molar-refractivity contribution in [3.05, 3.63) is 0 Å². The van der Waals surface area contributed by atoms with Crippen molar-refractivity contribution in [2.45, 2.75) is 248 Å². The van der Waals surface area contributed by atoms with E-state index in [1.807, 2.05) is 55.4 Å². The molecule has 0 saturated heterocycles. The summed E-state index contributed by atoms with van der Waals surface area (Å²) >= 11 is 0. The minimum atomic E-state index is -0.922. The lowest BCUT2D eigenvalue weighted by atomic mass is 10.00. The molecule has 12 nitrogen and oxygen atoms in total. The maximum atomic E-state index is 13.4. The Morgan fingerprint density at radius 3 is 0.939 bits per heavy atom. The van der Waals surface area contributed by atoms with Crippen molar-refractivity contribution >= 4 is 35.6 Å². The minimum Gasteiger partial charge on any atom is -0.451 e. The first kappa shape index (κ1) is 61.9. The number of carbonyl (C=O) groups is 6.